The molecular weight excluding hydrogens is 124 g/mol. The lowest BCUT2D eigenvalue weighted by atomic mass is 9.99. The highest BCUT2D eigenvalue weighted by molar-refractivity contribution is 4.98. The first-order valence-electron chi connectivity index (χ1n) is 3.12. The fourth-order valence-corrected chi connectivity index (χ4v) is 1.15. The van der Waals surface area contributed by atoms with E-state index in [2.05, 4.69) is 0 Å². The van der Waals surface area contributed by atoms with E-state index in [1.165, 1.54) is 6.92 Å². The van der Waals surface area contributed by atoms with Crippen LogP contribution in [0.3, 0.4) is 0 Å². The molecule has 0 aromatic carbocycles. The molecule has 3 heteroatoms. The lowest BCUT2D eigenvalue weighted by Gasteiger charge is -2.25. The molecule has 0 saturated heterocycles. The third kappa shape index (κ3) is 0.936. The molecule has 1 aliphatic carbocycles. The Morgan fingerprint density at radius 2 is 1.89 bits per heavy atom. The summed E-state index contributed by atoms with van der Waals surface area (Å²) in [6.07, 6.45) is 0.958. The van der Waals surface area contributed by atoms with Crippen molar-refractivity contribution in [1.82, 2.24) is 0 Å². The Morgan fingerprint density at radius 1 is 1.33 bits per heavy atom. The van der Waals surface area contributed by atoms with E-state index in [9.17, 15) is 8.78 Å². The first kappa shape index (κ1) is 6.93. The summed E-state index contributed by atoms with van der Waals surface area (Å²) in [5.41, 5.74) is 4.06. The van der Waals surface area contributed by atoms with Crippen molar-refractivity contribution >= 4 is 0 Å². The van der Waals surface area contributed by atoms with Crippen molar-refractivity contribution in [3.8, 4) is 0 Å². The van der Waals surface area contributed by atoms with Crippen molar-refractivity contribution in [2.24, 2.45) is 5.73 Å². The van der Waals surface area contributed by atoms with Crippen LogP contribution >= 0.6 is 0 Å². The predicted molar refractivity (Wildman–Crippen MR) is 31.4 cm³/mol. The average molecular weight is 135 g/mol. The second-order valence-electron chi connectivity index (χ2n) is 2.98. The van der Waals surface area contributed by atoms with Gasteiger partial charge in [-0.3, -0.25) is 0 Å². The van der Waals surface area contributed by atoms with Crippen molar-refractivity contribution in [2.75, 3.05) is 0 Å². The normalized spacial score (nSPS) is 41.3. The fourth-order valence-electron chi connectivity index (χ4n) is 1.15. The fraction of sp³-hybridized carbons (Fsp3) is 1.00. The van der Waals surface area contributed by atoms with E-state index in [0.29, 0.717) is 12.8 Å². The molecule has 0 spiro atoms. The maximum Gasteiger partial charge on any atom is 0.265 e. The van der Waals surface area contributed by atoms with Crippen molar-refractivity contribution in [2.45, 2.75) is 37.6 Å². The van der Waals surface area contributed by atoms with Crippen LogP contribution in [0.4, 0.5) is 8.78 Å². The highest BCUT2D eigenvalue weighted by Crippen LogP contribution is 2.41. The summed E-state index contributed by atoms with van der Waals surface area (Å²) in [6, 6.07) is 0. The lowest BCUT2D eigenvalue weighted by molar-refractivity contribution is -0.0452. The Hall–Kier alpha value is -0.180. The summed E-state index contributed by atoms with van der Waals surface area (Å²) in [5.74, 6) is -2.63. The van der Waals surface area contributed by atoms with E-state index in [1.807, 2.05) is 0 Å². The minimum Gasteiger partial charge on any atom is -0.320 e. The summed E-state index contributed by atoms with van der Waals surface area (Å²) in [5, 5.41) is 0. The summed E-state index contributed by atoms with van der Waals surface area (Å²) < 4.78 is 25.2. The number of halogens is 2. The molecule has 0 radical (unpaired) electrons. The van der Waals surface area contributed by atoms with E-state index in [-0.39, 0.29) is 6.42 Å². The van der Waals surface area contributed by atoms with Gasteiger partial charge in [0.25, 0.3) is 5.92 Å². The summed E-state index contributed by atoms with van der Waals surface area (Å²) >= 11 is 0. The molecule has 0 amide bonds. The number of hydrogen-bond acceptors (Lipinski definition) is 1. The van der Waals surface area contributed by atoms with Crippen LogP contribution in [0.2, 0.25) is 0 Å². The molecule has 2 N–H and O–H groups in total. The Balaban J connectivity index is 2.75. The van der Waals surface area contributed by atoms with Crippen LogP contribution in [0.25, 0.3) is 0 Å². The minimum atomic E-state index is -2.63. The standard InChI is InChI=1S/C6H11F2N/c1-5(9)3-2-4-6(5,7)8/h2-4,9H2,1H3. The van der Waals surface area contributed by atoms with Crippen molar-refractivity contribution < 1.29 is 8.78 Å². The van der Waals surface area contributed by atoms with Crippen LogP contribution in [0.5, 0.6) is 0 Å². The number of nitrogens with two attached hydrogens (primary N) is 1. The lowest BCUT2D eigenvalue weighted by Crippen LogP contribution is -2.48. The van der Waals surface area contributed by atoms with Crippen LogP contribution < -0.4 is 5.73 Å². The molecule has 1 nitrogen and oxygen atoms in total. The Bertz CT molecular complexity index is 106. The second kappa shape index (κ2) is 1.66. The third-order valence-electron chi connectivity index (χ3n) is 2.02. The Labute approximate surface area is 53.2 Å². The van der Waals surface area contributed by atoms with Gasteiger partial charge in [0.2, 0.25) is 0 Å². The molecular formula is C6H11F2N. The number of alkyl halides is 2. The monoisotopic (exact) mass is 135 g/mol. The van der Waals surface area contributed by atoms with Gasteiger partial charge in [0.05, 0.1) is 5.54 Å². The predicted octanol–water partition coefficient (Wildman–Crippen LogP) is 1.52. The highest BCUT2D eigenvalue weighted by atomic mass is 19.3. The van der Waals surface area contributed by atoms with Crippen LogP contribution in [0.1, 0.15) is 26.2 Å². The molecule has 0 aromatic heterocycles. The molecule has 0 heterocycles. The topological polar surface area (TPSA) is 26.0 Å². The Morgan fingerprint density at radius 3 is 2.00 bits per heavy atom. The largest absolute Gasteiger partial charge is 0.320 e. The van der Waals surface area contributed by atoms with Crippen LogP contribution in [0, 0.1) is 0 Å². The average Bonchev–Trinajstić information content (AvgIpc) is 1.81. The van der Waals surface area contributed by atoms with E-state index in [4.69, 9.17) is 5.73 Å². The molecule has 0 aliphatic heterocycles. The SMILES string of the molecule is CC1(N)CCCC1(F)F. The summed E-state index contributed by atoms with van der Waals surface area (Å²) in [6.45, 7) is 1.42. The zero-order valence-corrected chi connectivity index (χ0v) is 5.45. The van der Waals surface area contributed by atoms with Gasteiger partial charge in [-0.15, -0.1) is 0 Å². The van der Waals surface area contributed by atoms with Crippen LogP contribution in [-0.4, -0.2) is 11.5 Å². The van der Waals surface area contributed by atoms with Crippen LogP contribution in [-0.2, 0) is 0 Å². The van der Waals surface area contributed by atoms with E-state index in [0.717, 1.165) is 0 Å². The van der Waals surface area contributed by atoms with E-state index < -0.39 is 11.5 Å². The number of hydrogen-bond donors (Lipinski definition) is 1. The van der Waals surface area contributed by atoms with Gasteiger partial charge in [-0.05, 0) is 19.8 Å². The van der Waals surface area contributed by atoms with Crippen molar-refractivity contribution in [1.29, 1.82) is 0 Å². The number of rotatable bonds is 0. The second-order valence-corrected chi connectivity index (χ2v) is 2.98. The summed E-state index contributed by atoms with van der Waals surface area (Å²) in [7, 11) is 0. The highest BCUT2D eigenvalue weighted by Gasteiger charge is 2.50. The van der Waals surface area contributed by atoms with Gasteiger partial charge in [0, 0.05) is 6.42 Å². The van der Waals surface area contributed by atoms with Crippen LogP contribution in [0.15, 0.2) is 0 Å². The van der Waals surface area contributed by atoms with Crippen molar-refractivity contribution in [3.63, 3.8) is 0 Å². The first-order valence-corrected chi connectivity index (χ1v) is 3.12. The molecule has 0 bridgehead atoms. The molecule has 54 valence electrons. The Kier molecular flexibility index (Phi) is 1.28. The quantitative estimate of drug-likeness (QED) is 0.535. The van der Waals surface area contributed by atoms with Crippen molar-refractivity contribution in [3.05, 3.63) is 0 Å². The molecule has 1 aliphatic rings. The molecule has 9 heavy (non-hydrogen) atoms. The van der Waals surface area contributed by atoms with Gasteiger partial charge in [0.1, 0.15) is 0 Å². The van der Waals surface area contributed by atoms with Gasteiger partial charge in [0.15, 0.2) is 0 Å². The molecule has 1 fully saturated rings. The van der Waals surface area contributed by atoms with Gasteiger partial charge in [-0.2, -0.15) is 0 Å². The minimum absolute atomic E-state index is 0.0417. The molecule has 1 atom stereocenters. The zero-order chi connectivity index (χ0) is 7.12. The molecule has 1 unspecified atom stereocenters. The molecule has 1 rings (SSSR count). The summed E-state index contributed by atoms with van der Waals surface area (Å²) in [4.78, 5) is 0. The van der Waals surface area contributed by atoms with E-state index >= 15 is 0 Å². The maximum atomic E-state index is 12.6. The smallest absolute Gasteiger partial charge is 0.265 e. The molecule has 0 aromatic rings. The van der Waals surface area contributed by atoms with Gasteiger partial charge < -0.3 is 5.73 Å². The third-order valence-corrected chi connectivity index (χ3v) is 2.02. The first-order chi connectivity index (χ1) is 3.96. The maximum absolute atomic E-state index is 12.6. The van der Waals surface area contributed by atoms with E-state index in [1.54, 1.807) is 0 Å². The van der Waals surface area contributed by atoms with Gasteiger partial charge in [-0.1, -0.05) is 0 Å². The van der Waals surface area contributed by atoms with Gasteiger partial charge >= 0.3 is 0 Å². The molecule has 1 saturated carbocycles. The van der Waals surface area contributed by atoms with Gasteiger partial charge in [-0.25, -0.2) is 8.78 Å². The zero-order valence-electron chi connectivity index (χ0n) is 5.45.